The molecule has 2 atom stereocenters. The Hall–Kier alpha value is -1.43. The number of rotatable bonds is 6. The molecule has 0 radical (unpaired) electrons. The first-order valence-electron chi connectivity index (χ1n) is 7.90. The molecule has 122 valence electrons. The summed E-state index contributed by atoms with van der Waals surface area (Å²) in [6.07, 6.45) is -0.541. The van der Waals surface area contributed by atoms with Crippen LogP contribution in [0.15, 0.2) is 30.3 Å². The first-order chi connectivity index (χ1) is 10.6. The lowest BCUT2D eigenvalue weighted by atomic mass is 10.1. The van der Waals surface area contributed by atoms with E-state index in [0.29, 0.717) is 12.6 Å². The molecule has 1 fully saturated rings. The number of nitrogens with one attached hydrogen (secondary N) is 1. The lowest BCUT2D eigenvalue weighted by molar-refractivity contribution is -0.131. The van der Waals surface area contributed by atoms with Gasteiger partial charge in [-0.1, -0.05) is 30.3 Å². The van der Waals surface area contributed by atoms with E-state index in [2.05, 4.69) is 29.1 Å². The lowest BCUT2D eigenvalue weighted by Gasteiger charge is -2.36. The average Bonchev–Trinajstić information content (AvgIpc) is 2.55. The van der Waals surface area contributed by atoms with E-state index >= 15 is 0 Å². The van der Waals surface area contributed by atoms with Crippen molar-refractivity contribution in [2.45, 2.75) is 19.1 Å². The second-order valence-corrected chi connectivity index (χ2v) is 5.96. The van der Waals surface area contributed by atoms with Gasteiger partial charge in [0.1, 0.15) is 0 Å². The number of carbonyl (C=O) groups is 1. The Morgan fingerprint density at radius 1 is 1.23 bits per heavy atom. The highest BCUT2D eigenvalue weighted by molar-refractivity contribution is 5.82. The fraction of sp³-hybridized carbons (Fsp3) is 0.588. The maximum Gasteiger partial charge on any atom is 0.253 e. The van der Waals surface area contributed by atoms with Crippen LogP contribution >= 0.6 is 0 Å². The van der Waals surface area contributed by atoms with Crippen molar-refractivity contribution < 1.29 is 9.53 Å². The van der Waals surface area contributed by atoms with Gasteiger partial charge < -0.3 is 15.0 Å². The van der Waals surface area contributed by atoms with Crippen molar-refractivity contribution in [3.63, 3.8) is 0 Å². The smallest absolute Gasteiger partial charge is 0.253 e. The highest BCUT2D eigenvalue weighted by atomic mass is 16.5. The van der Waals surface area contributed by atoms with Gasteiger partial charge >= 0.3 is 0 Å². The number of hydrogen-bond donors (Lipinski definition) is 1. The predicted molar refractivity (Wildman–Crippen MR) is 87.7 cm³/mol. The van der Waals surface area contributed by atoms with Crippen LogP contribution in [0.1, 0.15) is 18.6 Å². The van der Waals surface area contributed by atoms with Gasteiger partial charge in [-0.3, -0.25) is 9.69 Å². The molecule has 1 N–H and O–H groups in total. The van der Waals surface area contributed by atoms with E-state index in [9.17, 15) is 4.79 Å². The second kappa shape index (κ2) is 8.27. The van der Waals surface area contributed by atoms with Gasteiger partial charge in [-0.2, -0.15) is 0 Å². The average molecular weight is 305 g/mol. The van der Waals surface area contributed by atoms with Gasteiger partial charge in [0.05, 0.1) is 0 Å². The number of carbonyl (C=O) groups excluding carboxylic acids is 1. The van der Waals surface area contributed by atoms with E-state index in [0.717, 1.165) is 31.7 Å². The summed E-state index contributed by atoms with van der Waals surface area (Å²) in [7, 11) is 3.72. The molecule has 1 aliphatic rings. The minimum Gasteiger partial charge on any atom is -0.367 e. The number of ether oxygens (including phenoxy) is 1. The Labute approximate surface area is 133 Å². The molecule has 1 saturated heterocycles. The standard InChI is InChI=1S/C17H27N3O2/c1-14(20-11-9-19(2)10-12-20)13-18-17(21)16(22-3)15-7-5-4-6-8-15/h4-8,14,16H,9-13H2,1-3H3,(H,18,21)/t14-,16-/m0/s1. The van der Waals surface area contributed by atoms with Gasteiger partial charge in [0.15, 0.2) is 6.10 Å². The van der Waals surface area contributed by atoms with Crippen LogP contribution < -0.4 is 5.32 Å². The minimum absolute atomic E-state index is 0.0744. The summed E-state index contributed by atoms with van der Waals surface area (Å²) >= 11 is 0. The summed E-state index contributed by atoms with van der Waals surface area (Å²) in [4.78, 5) is 17.1. The van der Waals surface area contributed by atoms with Crippen LogP contribution in [0, 0.1) is 0 Å². The summed E-state index contributed by atoms with van der Waals surface area (Å²) < 4.78 is 5.36. The molecule has 0 aromatic heterocycles. The van der Waals surface area contributed by atoms with Crippen LogP contribution in [-0.4, -0.2) is 68.6 Å². The molecule has 22 heavy (non-hydrogen) atoms. The quantitative estimate of drug-likeness (QED) is 0.856. The minimum atomic E-state index is -0.541. The molecule has 5 heteroatoms. The lowest BCUT2D eigenvalue weighted by Crippen LogP contribution is -2.51. The molecule has 1 amide bonds. The van der Waals surface area contributed by atoms with Crippen molar-refractivity contribution >= 4 is 5.91 Å². The molecule has 0 unspecified atom stereocenters. The third-order valence-corrected chi connectivity index (χ3v) is 4.31. The van der Waals surface area contributed by atoms with Crippen molar-refractivity contribution in [3.8, 4) is 0 Å². The van der Waals surface area contributed by atoms with Crippen LogP contribution in [0.4, 0.5) is 0 Å². The molecule has 0 spiro atoms. The molecule has 1 heterocycles. The Bertz CT molecular complexity index is 458. The molecule has 2 rings (SSSR count). The molecule has 5 nitrogen and oxygen atoms in total. The Kier molecular flexibility index (Phi) is 6.36. The van der Waals surface area contributed by atoms with Crippen molar-refractivity contribution in [3.05, 3.63) is 35.9 Å². The first-order valence-corrected chi connectivity index (χ1v) is 7.90. The number of piperazine rings is 1. The summed E-state index contributed by atoms with van der Waals surface area (Å²) in [5.41, 5.74) is 0.884. The SMILES string of the molecule is CO[C@H](C(=O)NC[C@H](C)N1CCN(C)CC1)c1ccccc1. The second-order valence-electron chi connectivity index (χ2n) is 5.96. The summed E-state index contributed by atoms with van der Waals surface area (Å²) in [6.45, 7) is 7.09. The summed E-state index contributed by atoms with van der Waals surface area (Å²) in [5, 5.41) is 3.02. The fourth-order valence-corrected chi connectivity index (χ4v) is 2.76. The number of likely N-dealkylation sites (N-methyl/N-ethyl adjacent to an activating group) is 1. The first kappa shape index (κ1) is 16.9. The number of amides is 1. The van der Waals surface area contributed by atoms with E-state index in [1.165, 1.54) is 0 Å². The van der Waals surface area contributed by atoms with Crippen LogP contribution in [-0.2, 0) is 9.53 Å². The highest BCUT2D eigenvalue weighted by Gasteiger charge is 2.23. The molecular weight excluding hydrogens is 278 g/mol. The van der Waals surface area contributed by atoms with Gasteiger partial charge in [-0.25, -0.2) is 0 Å². The van der Waals surface area contributed by atoms with Gasteiger partial charge in [-0.15, -0.1) is 0 Å². The maximum absolute atomic E-state index is 12.4. The van der Waals surface area contributed by atoms with Gasteiger partial charge in [-0.05, 0) is 19.5 Å². The zero-order chi connectivity index (χ0) is 15.9. The van der Waals surface area contributed by atoms with Crippen LogP contribution in [0.3, 0.4) is 0 Å². The van der Waals surface area contributed by atoms with E-state index in [1.807, 2.05) is 30.3 Å². The van der Waals surface area contributed by atoms with E-state index < -0.39 is 6.10 Å². The predicted octanol–water partition coefficient (Wildman–Crippen LogP) is 1.13. The van der Waals surface area contributed by atoms with Crippen molar-refractivity contribution in [2.24, 2.45) is 0 Å². The Morgan fingerprint density at radius 3 is 2.45 bits per heavy atom. The van der Waals surface area contributed by atoms with Gasteiger partial charge in [0.2, 0.25) is 0 Å². The van der Waals surface area contributed by atoms with Crippen molar-refractivity contribution in [2.75, 3.05) is 46.9 Å². The van der Waals surface area contributed by atoms with E-state index in [1.54, 1.807) is 7.11 Å². The third-order valence-electron chi connectivity index (χ3n) is 4.31. The number of hydrogen-bond acceptors (Lipinski definition) is 4. The monoisotopic (exact) mass is 305 g/mol. The van der Waals surface area contributed by atoms with Crippen LogP contribution in [0.25, 0.3) is 0 Å². The number of methoxy groups -OCH3 is 1. The molecule has 1 aliphatic heterocycles. The van der Waals surface area contributed by atoms with E-state index in [-0.39, 0.29) is 5.91 Å². The zero-order valence-corrected chi connectivity index (χ0v) is 13.8. The molecule has 0 bridgehead atoms. The van der Waals surface area contributed by atoms with Crippen LogP contribution in [0.2, 0.25) is 0 Å². The summed E-state index contributed by atoms with van der Waals surface area (Å²) in [6, 6.07) is 9.94. The number of benzene rings is 1. The summed E-state index contributed by atoms with van der Waals surface area (Å²) in [5.74, 6) is -0.0744. The van der Waals surface area contributed by atoms with Gasteiger partial charge in [0, 0.05) is 45.9 Å². The normalized spacial score (nSPS) is 19.6. The molecule has 1 aromatic rings. The maximum atomic E-state index is 12.4. The fourth-order valence-electron chi connectivity index (χ4n) is 2.76. The topological polar surface area (TPSA) is 44.8 Å². The van der Waals surface area contributed by atoms with E-state index in [4.69, 9.17) is 4.74 Å². The third kappa shape index (κ3) is 4.53. The van der Waals surface area contributed by atoms with Gasteiger partial charge in [0.25, 0.3) is 5.91 Å². The molecule has 0 aliphatic carbocycles. The highest BCUT2D eigenvalue weighted by Crippen LogP contribution is 2.16. The Balaban J connectivity index is 1.83. The molecular formula is C17H27N3O2. The van der Waals surface area contributed by atoms with Crippen molar-refractivity contribution in [1.82, 2.24) is 15.1 Å². The van der Waals surface area contributed by atoms with Crippen molar-refractivity contribution in [1.29, 1.82) is 0 Å². The largest absolute Gasteiger partial charge is 0.367 e. The number of nitrogens with zero attached hydrogens (tertiary/aromatic N) is 2. The molecule has 0 saturated carbocycles. The zero-order valence-electron chi connectivity index (χ0n) is 13.8. The Morgan fingerprint density at radius 2 is 1.86 bits per heavy atom. The molecule has 1 aromatic carbocycles. The van der Waals surface area contributed by atoms with Crippen LogP contribution in [0.5, 0.6) is 0 Å².